The quantitative estimate of drug-likeness (QED) is 0.923. The van der Waals surface area contributed by atoms with Crippen molar-refractivity contribution in [1.82, 2.24) is 0 Å². The van der Waals surface area contributed by atoms with Crippen molar-refractivity contribution in [2.24, 2.45) is 0 Å². The topological polar surface area (TPSA) is 46.2 Å². The molecule has 0 saturated heterocycles. The van der Waals surface area contributed by atoms with Crippen LogP contribution in [0.5, 0.6) is 0 Å². The molecular weight excluding hydrogens is 340 g/mol. The fourth-order valence-electron chi connectivity index (χ4n) is 1.41. The van der Waals surface area contributed by atoms with Crippen LogP contribution in [0.3, 0.4) is 0 Å². The van der Waals surface area contributed by atoms with Crippen molar-refractivity contribution in [2.75, 3.05) is 4.72 Å². The van der Waals surface area contributed by atoms with Crippen LogP contribution in [0.4, 0.5) is 14.5 Å². The zero-order chi connectivity index (χ0) is 14.0. The summed E-state index contributed by atoms with van der Waals surface area (Å²) in [5, 5.41) is 0. The van der Waals surface area contributed by atoms with Gasteiger partial charge in [0.25, 0.3) is 10.0 Å². The molecule has 0 radical (unpaired) electrons. The second kappa shape index (κ2) is 5.26. The van der Waals surface area contributed by atoms with Crippen molar-refractivity contribution >= 4 is 31.6 Å². The molecule has 0 aliphatic carbocycles. The van der Waals surface area contributed by atoms with Crippen LogP contribution in [-0.4, -0.2) is 8.42 Å². The average Bonchev–Trinajstić information content (AvgIpc) is 2.33. The van der Waals surface area contributed by atoms with Crippen molar-refractivity contribution in [2.45, 2.75) is 4.90 Å². The van der Waals surface area contributed by atoms with Gasteiger partial charge in [-0.05, 0) is 30.3 Å². The van der Waals surface area contributed by atoms with E-state index in [0.717, 1.165) is 18.2 Å². The Morgan fingerprint density at radius 2 is 1.74 bits per heavy atom. The molecule has 0 spiro atoms. The molecule has 0 heterocycles. The molecule has 3 nitrogen and oxygen atoms in total. The first-order valence-electron chi connectivity index (χ1n) is 5.12. The third-order valence-electron chi connectivity index (χ3n) is 2.28. The third kappa shape index (κ3) is 3.30. The molecule has 0 fully saturated rings. The van der Waals surface area contributed by atoms with Gasteiger partial charge in [0.1, 0.15) is 0 Å². The lowest BCUT2D eigenvalue weighted by molar-refractivity contribution is 0.509. The number of nitrogens with one attached hydrogen (secondary N) is 1. The van der Waals surface area contributed by atoms with E-state index in [1.165, 1.54) is 12.1 Å². The molecule has 0 unspecified atom stereocenters. The van der Waals surface area contributed by atoms with E-state index >= 15 is 0 Å². The van der Waals surface area contributed by atoms with Crippen molar-refractivity contribution < 1.29 is 17.2 Å². The number of benzene rings is 2. The zero-order valence-electron chi connectivity index (χ0n) is 9.40. The molecule has 0 amide bonds. The van der Waals surface area contributed by atoms with Crippen molar-refractivity contribution in [3.05, 3.63) is 58.6 Å². The van der Waals surface area contributed by atoms with Gasteiger partial charge in [-0.25, -0.2) is 17.2 Å². The van der Waals surface area contributed by atoms with E-state index in [-0.39, 0.29) is 10.6 Å². The van der Waals surface area contributed by atoms with E-state index in [4.69, 9.17) is 0 Å². The van der Waals surface area contributed by atoms with E-state index in [0.29, 0.717) is 4.47 Å². The SMILES string of the molecule is O=S(=O)(Nc1ccc(F)c(F)c1)c1cccc(Br)c1. The molecule has 100 valence electrons. The van der Waals surface area contributed by atoms with Crippen LogP contribution in [-0.2, 0) is 10.0 Å². The lowest BCUT2D eigenvalue weighted by atomic mass is 10.3. The van der Waals surface area contributed by atoms with E-state index in [2.05, 4.69) is 20.7 Å². The third-order valence-corrected chi connectivity index (χ3v) is 4.15. The number of rotatable bonds is 3. The first-order chi connectivity index (χ1) is 8.88. The minimum atomic E-state index is -3.83. The highest BCUT2D eigenvalue weighted by Crippen LogP contribution is 2.20. The van der Waals surface area contributed by atoms with Gasteiger partial charge in [-0.1, -0.05) is 22.0 Å². The summed E-state index contributed by atoms with van der Waals surface area (Å²) in [6.45, 7) is 0. The summed E-state index contributed by atoms with van der Waals surface area (Å²) in [5.74, 6) is -2.15. The molecule has 1 N–H and O–H groups in total. The zero-order valence-corrected chi connectivity index (χ0v) is 11.8. The second-order valence-electron chi connectivity index (χ2n) is 3.69. The maximum Gasteiger partial charge on any atom is 0.261 e. The van der Waals surface area contributed by atoms with Gasteiger partial charge in [0.15, 0.2) is 11.6 Å². The highest BCUT2D eigenvalue weighted by Gasteiger charge is 2.15. The van der Waals surface area contributed by atoms with Crippen LogP contribution in [0.25, 0.3) is 0 Å². The lowest BCUT2D eigenvalue weighted by Gasteiger charge is -2.08. The summed E-state index contributed by atoms with van der Waals surface area (Å²) in [6, 6.07) is 8.82. The maximum atomic E-state index is 13.0. The van der Waals surface area contributed by atoms with Crippen LogP contribution in [0, 0.1) is 11.6 Å². The highest BCUT2D eigenvalue weighted by molar-refractivity contribution is 9.10. The summed E-state index contributed by atoms with van der Waals surface area (Å²) in [7, 11) is -3.83. The standard InChI is InChI=1S/C12H8BrF2NO2S/c13-8-2-1-3-10(6-8)19(17,18)16-9-4-5-11(14)12(15)7-9/h1-7,16H. The first kappa shape index (κ1) is 14.0. The van der Waals surface area contributed by atoms with Gasteiger partial charge in [-0.3, -0.25) is 4.72 Å². The molecule has 7 heteroatoms. The van der Waals surface area contributed by atoms with E-state index in [1.54, 1.807) is 12.1 Å². The summed E-state index contributed by atoms with van der Waals surface area (Å²) >= 11 is 3.16. The Kier molecular flexibility index (Phi) is 3.86. The fraction of sp³-hybridized carbons (Fsp3) is 0. The normalized spacial score (nSPS) is 11.3. The lowest BCUT2D eigenvalue weighted by Crippen LogP contribution is -2.13. The molecule has 0 atom stereocenters. The van der Waals surface area contributed by atoms with Crippen LogP contribution in [0.1, 0.15) is 0 Å². The van der Waals surface area contributed by atoms with Crippen LogP contribution in [0.15, 0.2) is 51.8 Å². The monoisotopic (exact) mass is 347 g/mol. The molecular formula is C12H8BrF2NO2S. The fourth-order valence-corrected chi connectivity index (χ4v) is 3.05. The van der Waals surface area contributed by atoms with E-state index in [9.17, 15) is 17.2 Å². The molecule has 2 aromatic carbocycles. The Balaban J connectivity index is 2.33. The average molecular weight is 348 g/mol. The largest absolute Gasteiger partial charge is 0.280 e. The maximum absolute atomic E-state index is 13.0. The predicted molar refractivity (Wildman–Crippen MR) is 71.3 cm³/mol. The minimum absolute atomic E-state index is 0.0200. The number of halogens is 3. The Morgan fingerprint density at radius 1 is 1.00 bits per heavy atom. The van der Waals surface area contributed by atoms with Gasteiger partial charge < -0.3 is 0 Å². The molecule has 0 saturated carbocycles. The van der Waals surface area contributed by atoms with E-state index in [1.807, 2.05) is 0 Å². The van der Waals surface area contributed by atoms with Gasteiger partial charge in [-0.15, -0.1) is 0 Å². The molecule has 0 aromatic heterocycles. The summed E-state index contributed by atoms with van der Waals surface area (Å²) < 4.78 is 52.5. The number of hydrogen-bond acceptors (Lipinski definition) is 2. The highest BCUT2D eigenvalue weighted by atomic mass is 79.9. The Labute approximate surface area is 117 Å². The van der Waals surface area contributed by atoms with Gasteiger partial charge in [0.05, 0.1) is 10.6 Å². The van der Waals surface area contributed by atoms with Crippen LogP contribution >= 0.6 is 15.9 Å². The second-order valence-corrected chi connectivity index (χ2v) is 6.29. The summed E-state index contributed by atoms with van der Waals surface area (Å²) in [4.78, 5) is 0.0200. The van der Waals surface area contributed by atoms with Crippen molar-refractivity contribution in [3.8, 4) is 0 Å². The van der Waals surface area contributed by atoms with Gasteiger partial charge >= 0.3 is 0 Å². The van der Waals surface area contributed by atoms with Crippen LogP contribution < -0.4 is 4.72 Å². The summed E-state index contributed by atoms with van der Waals surface area (Å²) in [5.41, 5.74) is -0.0427. The molecule has 0 aliphatic rings. The Morgan fingerprint density at radius 3 is 2.37 bits per heavy atom. The molecule has 0 bridgehead atoms. The van der Waals surface area contributed by atoms with Gasteiger partial charge in [0, 0.05) is 10.5 Å². The number of anilines is 1. The predicted octanol–water partition coefficient (Wildman–Crippen LogP) is 3.53. The molecule has 19 heavy (non-hydrogen) atoms. The van der Waals surface area contributed by atoms with E-state index < -0.39 is 21.7 Å². The summed E-state index contributed by atoms with van der Waals surface area (Å²) in [6.07, 6.45) is 0. The smallest absolute Gasteiger partial charge is 0.261 e. The van der Waals surface area contributed by atoms with Gasteiger partial charge in [-0.2, -0.15) is 0 Å². The Bertz CT molecular complexity index is 719. The minimum Gasteiger partial charge on any atom is -0.280 e. The molecule has 2 aromatic rings. The van der Waals surface area contributed by atoms with Crippen molar-refractivity contribution in [1.29, 1.82) is 0 Å². The Hall–Kier alpha value is -1.47. The van der Waals surface area contributed by atoms with Crippen molar-refractivity contribution in [3.63, 3.8) is 0 Å². The number of sulfonamides is 1. The number of hydrogen-bond donors (Lipinski definition) is 1. The first-order valence-corrected chi connectivity index (χ1v) is 7.39. The van der Waals surface area contributed by atoms with Gasteiger partial charge in [0.2, 0.25) is 0 Å². The molecule has 2 rings (SSSR count). The van der Waals surface area contributed by atoms with Crippen LogP contribution in [0.2, 0.25) is 0 Å². The molecule has 0 aliphatic heterocycles.